The molecule has 0 spiro atoms. The molecule has 3 N–H and O–H groups in total. The zero-order valence-electron chi connectivity index (χ0n) is 11.0. The van der Waals surface area contributed by atoms with Crippen molar-refractivity contribution >= 4 is 22.4 Å². The monoisotopic (exact) mass is 275 g/mol. The van der Waals surface area contributed by atoms with Crippen LogP contribution in [0.4, 0.5) is 5.13 Å². The standard InChI is InChI=1S/C14H17N3OS/c1-3-10-4-6-11(7-5-10)13(18)17-14-16-12(8-19-14)9(2)15/h4-9H,3,15H2,1-2H3,(H,16,17,18). The van der Waals surface area contributed by atoms with Gasteiger partial charge in [-0.2, -0.15) is 0 Å². The largest absolute Gasteiger partial charge is 0.323 e. The maximum absolute atomic E-state index is 12.0. The summed E-state index contributed by atoms with van der Waals surface area (Å²) in [5.74, 6) is -0.145. The topological polar surface area (TPSA) is 68.0 Å². The molecule has 0 radical (unpaired) electrons. The van der Waals surface area contributed by atoms with E-state index < -0.39 is 0 Å². The van der Waals surface area contributed by atoms with Crippen LogP contribution >= 0.6 is 11.3 Å². The average Bonchev–Trinajstić information content (AvgIpc) is 2.87. The summed E-state index contributed by atoms with van der Waals surface area (Å²) in [4.78, 5) is 16.3. The minimum absolute atomic E-state index is 0.120. The van der Waals surface area contributed by atoms with Crippen molar-refractivity contribution in [2.24, 2.45) is 5.73 Å². The number of nitrogens with zero attached hydrogens (tertiary/aromatic N) is 1. The fraction of sp³-hybridized carbons (Fsp3) is 0.286. The average molecular weight is 275 g/mol. The molecule has 0 bridgehead atoms. The van der Waals surface area contributed by atoms with Gasteiger partial charge in [-0.1, -0.05) is 19.1 Å². The Bertz CT molecular complexity index is 560. The van der Waals surface area contributed by atoms with Crippen molar-refractivity contribution in [3.05, 3.63) is 46.5 Å². The van der Waals surface area contributed by atoms with Gasteiger partial charge in [0, 0.05) is 17.0 Å². The molecular weight excluding hydrogens is 258 g/mol. The van der Waals surface area contributed by atoms with E-state index in [4.69, 9.17) is 5.73 Å². The zero-order valence-corrected chi connectivity index (χ0v) is 11.8. The lowest BCUT2D eigenvalue weighted by Crippen LogP contribution is -2.12. The number of carbonyl (C=O) groups is 1. The lowest BCUT2D eigenvalue weighted by Gasteiger charge is -2.03. The molecule has 1 heterocycles. The van der Waals surface area contributed by atoms with E-state index in [1.807, 2.05) is 36.6 Å². The smallest absolute Gasteiger partial charge is 0.257 e. The number of rotatable bonds is 4. The van der Waals surface area contributed by atoms with Gasteiger partial charge in [0.15, 0.2) is 5.13 Å². The minimum Gasteiger partial charge on any atom is -0.323 e. The van der Waals surface area contributed by atoms with Crippen molar-refractivity contribution in [2.75, 3.05) is 5.32 Å². The van der Waals surface area contributed by atoms with E-state index in [1.165, 1.54) is 16.9 Å². The third-order valence-electron chi connectivity index (χ3n) is 2.83. The van der Waals surface area contributed by atoms with E-state index in [-0.39, 0.29) is 11.9 Å². The van der Waals surface area contributed by atoms with Crippen LogP contribution in [0.15, 0.2) is 29.6 Å². The highest BCUT2D eigenvalue weighted by molar-refractivity contribution is 7.14. The minimum atomic E-state index is -0.145. The Labute approximate surface area is 116 Å². The van der Waals surface area contributed by atoms with Crippen LogP contribution in [-0.2, 0) is 6.42 Å². The second-order valence-electron chi connectivity index (χ2n) is 4.37. The number of hydrogen-bond acceptors (Lipinski definition) is 4. The van der Waals surface area contributed by atoms with Crippen molar-refractivity contribution in [3.8, 4) is 0 Å². The van der Waals surface area contributed by atoms with E-state index in [9.17, 15) is 4.79 Å². The first-order valence-corrected chi connectivity index (χ1v) is 7.09. The summed E-state index contributed by atoms with van der Waals surface area (Å²) >= 11 is 1.39. The van der Waals surface area contributed by atoms with Crippen molar-refractivity contribution < 1.29 is 4.79 Å². The number of carbonyl (C=O) groups excluding carboxylic acids is 1. The van der Waals surface area contributed by atoms with Gasteiger partial charge in [0.25, 0.3) is 5.91 Å². The molecule has 4 nitrogen and oxygen atoms in total. The molecule has 0 fully saturated rings. The number of benzene rings is 1. The molecule has 1 aromatic heterocycles. The number of amides is 1. The first-order valence-electron chi connectivity index (χ1n) is 6.21. The maximum atomic E-state index is 12.0. The van der Waals surface area contributed by atoms with Gasteiger partial charge in [-0.15, -0.1) is 11.3 Å². The Hall–Kier alpha value is -1.72. The summed E-state index contributed by atoms with van der Waals surface area (Å²) in [6.45, 7) is 3.95. The molecule has 1 aromatic carbocycles. The molecule has 1 atom stereocenters. The Morgan fingerprint density at radius 1 is 1.42 bits per heavy atom. The van der Waals surface area contributed by atoms with Crippen molar-refractivity contribution in [2.45, 2.75) is 26.3 Å². The summed E-state index contributed by atoms with van der Waals surface area (Å²) in [5, 5.41) is 5.23. The Balaban J connectivity index is 2.06. The maximum Gasteiger partial charge on any atom is 0.257 e. The lowest BCUT2D eigenvalue weighted by molar-refractivity contribution is 0.102. The van der Waals surface area contributed by atoms with Crippen LogP contribution in [0.1, 0.15) is 41.5 Å². The molecule has 100 valence electrons. The number of nitrogens with two attached hydrogens (primary N) is 1. The lowest BCUT2D eigenvalue weighted by atomic mass is 10.1. The van der Waals surface area contributed by atoms with Gasteiger partial charge in [-0.05, 0) is 31.0 Å². The van der Waals surface area contributed by atoms with Crippen LogP contribution in [0.25, 0.3) is 0 Å². The van der Waals surface area contributed by atoms with Crippen molar-refractivity contribution in [3.63, 3.8) is 0 Å². The summed E-state index contributed by atoms with van der Waals surface area (Å²) in [6, 6.07) is 7.46. The van der Waals surface area contributed by atoms with Crippen LogP contribution in [0.5, 0.6) is 0 Å². The normalized spacial score (nSPS) is 12.2. The highest BCUT2D eigenvalue weighted by Crippen LogP contribution is 2.20. The van der Waals surface area contributed by atoms with E-state index in [2.05, 4.69) is 17.2 Å². The summed E-state index contributed by atoms with van der Waals surface area (Å²) in [7, 11) is 0. The van der Waals surface area contributed by atoms with Crippen LogP contribution in [-0.4, -0.2) is 10.9 Å². The third kappa shape index (κ3) is 3.39. The highest BCUT2D eigenvalue weighted by Gasteiger charge is 2.10. The predicted octanol–water partition coefficient (Wildman–Crippen LogP) is 2.98. The van der Waals surface area contributed by atoms with Gasteiger partial charge < -0.3 is 5.73 Å². The number of hydrogen-bond donors (Lipinski definition) is 2. The molecule has 0 saturated heterocycles. The molecule has 5 heteroatoms. The molecule has 1 amide bonds. The number of aromatic nitrogens is 1. The fourth-order valence-corrected chi connectivity index (χ4v) is 2.42. The Morgan fingerprint density at radius 3 is 2.63 bits per heavy atom. The Morgan fingerprint density at radius 2 is 2.11 bits per heavy atom. The van der Waals surface area contributed by atoms with Crippen LogP contribution < -0.4 is 11.1 Å². The molecule has 19 heavy (non-hydrogen) atoms. The Kier molecular flexibility index (Phi) is 4.29. The number of nitrogens with one attached hydrogen (secondary N) is 1. The quantitative estimate of drug-likeness (QED) is 0.901. The molecule has 0 aliphatic carbocycles. The van der Waals surface area contributed by atoms with Crippen LogP contribution in [0, 0.1) is 0 Å². The second kappa shape index (κ2) is 5.95. The zero-order chi connectivity index (χ0) is 13.8. The predicted molar refractivity (Wildman–Crippen MR) is 78.5 cm³/mol. The number of aryl methyl sites for hydroxylation is 1. The van der Waals surface area contributed by atoms with Gasteiger partial charge in [0.1, 0.15) is 0 Å². The first kappa shape index (κ1) is 13.7. The number of thiazole rings is 1. The molecule has 0 aliphatic heterocycles. The van der Waals surface area contributed by atoms with Gasteiger partial charge in [0.05, 0.1) is 5.69 Å². The van der Waals surface area contributed by atoms with Crippen LogP contribution in [0.3, 0.4) is 0 Å². The molecule has 0 aliphatic rings. The number of anilines is 1. The van der Waals surface area contributed by atoms with E-state index >= 15 is 0 Å². The van der Waals surface area contributed by atoms with Gasteiger partial charge >= 0.3 is 0 Å². The van der Waals surface area contributed by atoms with Crippen molar-refractivity contribution in [1.29, 1.82) is 0 Å². The third-order valence-corrected chi connectivity index (χ3v) is 3.61. The van der Waals surface area contributed by atoms with E-state index in [0.717, 1.165) is 12.1 Å². The van der Waals surface area contributed by atoms with E-state index in [0.29, 0.717) is 10.7 Å². The van der Waals surface area contributed by atoms with Gasteiger partial charge in [0.2, 0.25) is 0 Å². The molecule has 2 aromatic rings. The molecular formula is C14H17N3OS. The molecule has 2 rings (SSSR count). The summed E-state index contributed by atoms with van der Waals surface area (Å²) in [6.07, 6.45) is 0.964. The summed E-state index contributed by atoms with van der Waals surface area (Å²) < 4.78 is 0. The molecule has 0 saturated carbocycles. The van der Waals surface area contributed by atoms with E-state index in [1.54, 1.807) is 0 Å². The van der Waals surface area contributed by atoms with Gasteiger partial charge in [-0.3, -0.25) is 10.1 Å². The van der Waals surface area contributed by atoms with Crippen molar-refractivity contribution in [1.82, 2.24) is 4.98 Å². The second-order valence-corrected chi connectivity index (χ2v) is 5.23. The molecule has 1 unspecified atom stereocenters. The van der Waals surface area contributed by atoms with Crippen LogP contribution in [0.2, 0.25) is 0 Å². The summed E-state index contributed by atoms with van der Waals surface area (Å²) in [5.41, 5.74) is 8.37. The first-order chi connectivity index (χ1) is 9.10. The highest BCUT2D eigenvalue weighted by atomic mass is 32.1. The van der Waals surface area contributed by atoms with Gasteiger partial charge in [-0.25, -0.2) is 4.98 Å². The SMILES string of the molecule is CCc1ccc(C(=O)Nc2nc(C(C)N)cs2)cc1. The fourth-order valence-electron chi connectivity index (χ4n) is 1.61.